The van der Waals surface area contributed by atoms with Gasteiger partial charge in [-0.3, -0.25) is 4.79 Å². The fourth-order valence-corrected chi connectivity index (χ4v) is 3.76. The molecule has 2 N–H and O–H groups in total. The third-order valence-electron chi connectivity index (χ3n) is 5.09. The molecule has 0 spiro atoms. The van der Waals surface area contributed by atoms with Crippen LogP contribution in [-0.2, 0) is 10.2 Å². The number of carbonyl (C=O) groups is 1. The van der Waals surface area contributed by atoms with Gasteiger partial charge in [-0.15, -0.1) is 0 Å². The predicted octanol–water partition coefficient (Wildman–Crippen LogP) is 3.86. The zero-order valence-electron chi connectivity index (χ0n) is 14.4. The van der Waals surface area contributed by atoms with Crippen LogP contribution in [0.2, 0.25) is 0 Å². The van der Waals surface area contributed by atoms with Crippen LogP contribution in [0.25, 0.3) is 0 Å². The summed E-state index contributed by atoms with van der Waals surface area (Å²) in [5.74, 6) is 0.0782. The highest BCUT2D eigenvalue weighted by Gasteiger charge is 2.43. The van der Waals surface area contributed by atoms with Gasteiger partial charge in [-0.2, -0.15) is 0 Å². The fourth-order valence-electron chi connectivity index (χ4n) is 3.76. The second kappa shape index (κ2) is 7.40. The fraction of sp³-hybridized carbons (Fsp3) is 0.450. The van der Waals surface area contributed by atoms with E-state index in [-0.39, 0.29) is 17.8 Å². The van der Waals surface area contributed by atoms with Crippen molar-refractivity contribution in [3.05, 3.63) is 59.8 Å². The molecule has 5 heteroatoms. The van der Waals surface area contributed by atoms with Gasteiger partial charge in [0.25, 0.3) is 0 Å². The molecular formula is C20H24FNO3. The second-order valence-electron chi connectivity index (χ2n) is 6.94. The van der Waals surface area contributed by atoms with Crippen LogP contribution in [0.4, 0.5) is 4.39 Å². The first kappa shape index (κ1) is 17.7. The van der Waals surface area contributed by atoms with Crippen molar-refractivity contribution in [2.45, 2.75) is 56.6 Å². The highest BCUT2D eigenvalue weighted by molar-refractivity contribution is 5.88. The first-order valence-electron chi connectivity index (χ1n) is 8.80. The Hall–Kier alpha value is -2.14. The summed E-state index contributed by atoms with van der Waals surface area (Å²) in [7, 11) is 0. The number of aliphatic hydroxyl groups is 1. The van der Waals surface area contributed by atoms with Crippen molar-refractivity contribution in [2.75, 3.05) is 0 Å². The summed E-state index contributed by atoms with van der Waals surface area (Å²) in [6.07, 6.45) is 4.45. The van der Waals surface area contributed by atoms with E-state index in [1.807, 2.05) is 13.0 Å². The Bertz CT molecular complexity index is 707. The van der Waals surface area contributed by atoms with Gasteiger partial charge in [-0.25, -0.2) is 4.39 Å². The van der Waals surface area contributed by atoms with Crippen LogP contribution < -0.4 is 5.32 Å². The molecular weight excluding hydrogens is 321 g/mol. The number of amides is 1. The summed E-state index contributed by atoms with van der Waals surface area (Å²) in [4.78, 5) is 13.0. The van der Waals surface area contributed by atoms with Gasteiger partial charge < -0.3 is 14.8 Å². The second-order valence-corrected chi connectivity index (χ2v) is 6.94. The lowest BCUT2D eigenvalue weighted by atomic mass is 9.77. The van der Waals surface area contributed by atoms with Crippen LogP contribution in [0.1, 0.15) is 56.5 Å². The number of halogens is 1. The van der Waals surface area contributed by atoms with Crippen molar-refractivity contribution in [2.24, 2.45) is 0 Å². The molecule has 2 atom stereocenters. The molecule has 1 aliphatic rings. The van der Waals surface area contributed by atoms with Crippen LogP contribution in [0.3, 0.4) is 0 Å². The maximum Gasteiger partial charge on any atom is 0.230 e. The minimum absolute atomic E-state index is 0.0882. The smallest absolute Gasteiger partial charge is 0.230 e. The summed E-state index contributed by atoms with van der Waals surface area (Å²) >= 11 is 0. The maximum atomic E-state index is 13.7. The minimum atomic E-state index is -0.765. The van der Waals surface area contributed by atoms with Crippen LogP contribution in [-0.4, -0.2) is 17.1 Å². The Morgan fingerprint density at radius 1 is 1.32 bits per heavy atom. The Kier molecular flexibility index (Phi) is 5.23. The predicted molar refractivity (Wildman–Crippen MR) is 92.4 cm³/mol. The van der Waals surface area contributed by atoms with E-state index in [4.69, 9.17) is 4.42 Å². The lowest BCUT2D eigenvalue weighted by Crippen LogP contribution is -2.46. The SMILES string of the molecule is CC(CC(O)c1ccco1)NC(=O)C1(c2cccc(F)c2)CCCC1. The van der Waals surface area contributed by atoms with Crippen molar-refractivity contribution < 1.29 is 18.7 Å². The molecule has 0 bridgehead atoms. The van der Waals surface area contributed by atoms with Gasteiger partial charge in [0, 0.05) is 12.5 Å². The quantitative estimate of drug-likeness (QED) is 0.836. The van der Waals surface area contributed by atoms with E-state index in [0.717, 1.165) is 31.2 Å². The van der Waals surface area contributed by atoms with Gasteiger partial charge in [0.15, 0.2) is 0 Å². The van der Waals surface area contributed by atoms with Gasteiger partial charge in [0.05, 0.1) is 11.7 Å². The van der Waals surface area contributed by atoms with Crippen LogP contribution in [0, 0.1) is 5.82 Å². The summed E-state index contributed by atoms with van der Waals surface area (Å²) in [5.41, 5.74) is 0.0627. The molecule has 2 aromatic rings. The van der Waals surface area contributed by atoms with E-state index in [0.29, 0.717) is 12.2 Å². The highest BCUT2D eigenvalue weighted by Crippen LogP contribution is 2.41. The third-order valence-corrected chi connectivity index (χ3v) is 5.09. The molecule has 1 aliphatic carbocycles. The molecule has 1 saturated carbocycles. The van der Waals surface area contributed by atoms with Crippen LogP contribution in [0.5, 0.6) is 0 Å². The number of hydrogen-bond acceptors (Lipinski definition) is 3. The van der Waals surface area contributed by atoms with Crippen LogP contribution in [0.15, 0.2) is 47.1 Å². The molecule has 25 heavy (non-hydrogen) atoms. The molecule has 1 heterocycles. The Morgan fingerprint density at radius 2 is 2.08 bits per heavy atom. The monoisotopic (exact) mass is 345 g/mol. The van der Waals surface area contributed by atoms with Crippen LogP contribution >= 0.6 is 0 Å². The Balaban J connectivity index is 1.71. The summed E-state index contributed by atoms with van der Waals surface area (Å²) < 4.78 is 18.9. The topological polar surface area (TPSA) is 62.5 Å². The van der Waals surface area contributed by atoms with E-state index >= 15 is 0 Å². The number of aliphatic hydroxyl groups excluding tert-OH is 1. The number of nitrogens with one attached hydrogen (secondary N) is 1. The van der Waals surface area contributed by atoms with Gasteiger partial charge in [-0.05, 0) is 49.6 Å². The Morgan fingerprint density at radius 3 is 2.72 bits per heavy atom. The lowest BCUT2D eigenvalue weighted by molar-refractivity contribution is -0.127. The lowest BCUT2D eigenvalue weighted by Gasteiger charge is -2.30. The molecule has 1 fully saturated rings. The molecule has 1 amide bonds. The average Bonchev–Trinajstić information content (AvgIpc) is 3.27. The van der Waals surface area contributed by atoms with Gasteiger partial charge in [-0.1, -0.05) is 25.0 Å². The molecule has 134 valence electrons. The third kappa shape index (κ3) is 3.76. The first-order valence-corrected chi connectivity index (χ1v) is 8.80. The normalized spacial score (nSPS) is 18.7. The molecule has 0 aliphatic heterocycles. The largest absolute Gasteiger partial charge is 0.467 e. The number of benzene rings is 1. The zero-order valence-corrected chi connectivity index (χ0v) is 14.4. The maximum absolute atomic E-state index is 13.7. The molecule has 2 unspecified atom stereocenters. The van der Waals surface area contributed by atoms with E-state index in [2.05, 4.69) is 5.32 Å². The molecule has 0 saturated heterocycles. The van der Waals surface area contributed by atoms with Crippen molar-refractivity contribution in [3.8, 4) is 0 Å². The van der Waals surface area contributed by atoms with E-state index < -0.39 is 11.5 Å². The highest BCUT2D eigenvalue weighted by atomic mass is 19.1. The molecule has 4 nitrogen and oxygen atoms in total. The number of rotatable bonds is 6. The van der Waals surface area contributed by atoms with Gasteiger partial charge in [0.2, 0.25) is 5.91 Å². The van der Waals surface area contributed by atoms with E-state index in [9.17, 15) is 14.3 Å². The summed E-state index contributed by atoms with van der Waals surface area (Å²) in [5, 5.41) is 13.2. The average molecular weight is 345 g/mol. The molecule has 1 aromatic heterocycles. The van der Waals surface area contributed by atoms with Crippen molar-refractivity contribution in [1.29, 1.82) is 0 Å². The van der Waals surface area contributed by atoms with Crippen molar-refractivity contribution >= 4 is 5.91 Å². The zero-order chi connectivity index (χ0) is 17.9. The van der Waals surface area contributed by atoms with Crippen molar-refractivity contribution in [1.82, 2.24) is 5.32 Å². The molecule has 1 aromatic carbocycles. The number of furan rings is 1. The van der Waals surface area contributed by atoms with Gasteiger partial charge in [0.1, 0.15) is 17.7 Å². The van der Waals surface area contributed by atoms with E-state index in [1.165, 1.54) is 18.4 Å². The van der Waals surface area contributed by atoms with Crippen molar-refractivity contribution in [3.63, 3.8) is 0 Å². The minimum Gasteiger partial charge on any atom is -0.467 e. The Labute approximate surface area is 147 Å². The first-order chi connectivity index (χ1) is 12.0. The molecule has 0 radical (unpaired) electrons. The molecule has 3 rings (SSSR count). The number of hydrogen-bond donors (Lipinski definition) is 2. The van der Waals surface area contributed by atoms with E-state index in [1.54, 1.807) is 18.2 Å². The van der Waals surface area contributed by atoms with Gasteiger partial charge >= 0.3 is 0 Å². The number of carbonyl (C=O) groups excluding carboxylic acids is 1. The summed E-state index contributed by atoms with van der Waals surface area (Å²) in [6.45, 7) is 1.86. The standard InChI is InChI=1S/C20H24FNO3/c1-14(12-17(23)18-8-5-11-25-18)22-19(24)20(9-2-3-10-20)15-6-4-7-16(21)13-15/h4-8,11,13-14,17,23H,2-3,9-10,12H2,1H3,(H,22,24). The summed E-state index contributed by atoms with van der Waals surface area (Å²) in [6, 6.07) is 9.56.